The van der Waals surface area contributed by atoms with Gasteiger partial charge in [-0.05, 0) is 46.6 Å². The molecule has 1 heterocycles. The molecular formula is C14H13BrN2O. The Morgan fingerprint density at radius 3 is 2.78 bits per heavy atom. The largest absolute Gasteiger partial charge is 0.346 e. The number of halogens is 1. The summed E-state index contributed by atoms with van der Waals surface area (Å²) < 4.78 is 0.792. The van der Waals surface area contributed by atoms with Crippen molar-refractivity contribution in [1.82, 2.24) is 10.3 Å². The number of nitrogens with zero attached hydrogens (tertiary/aromatic N) is 1. The maximum absolute atomic E-state index is 12.0. The molecule has 0 aliphatic heterocycles. The van der Waals surface area contributed by atoms with Gasteiger partial charge in [-0.3, -0.25) is 9.78 Å². The molecule has 1 amide bonds. The van der Waals surface area contributed by atoms with E-state index in [1.165, 1.54) is 0 Å². The lowest BCUT2D eigenvalue weighted by atomic mass is 10.2. The number of amides is 1. The smallest absolute Gasteiger partial charge is 0.252 e. The van der Waals surface area contributed by atoms with E-state index in [0.717, 1.165) is 15.7 Å². The number of aromatic nitrogens is 1. The summed E-state index contributed by atoms with van der Waals surface area (Å²) in [5, 5.41) is 2.87. The SMILES string of the molecule is Cc1cccnc1CNC(=O)c1ccccc1Br. The number of hydrogen-bond acceptors (Lipinski definition) is 2. The van der Waals surface area contributed by atoms with Crippen LogP contribution in [0.2, 0.25) is 0 Å². The van der Waals surface area contributed by atoms with E-state index in [1.54, 1.807) is 12.3 Å². The lowest BCUT2D eigenvalue weighted by molar-refractivity contribution is 0.0949. The lowest BCUT2D eigenvalue weighted by Gasteiger charge is -2.08. The highest BCUT2D eigenvalue weighted by molar-refractivity contribution is 9.10. The summed E-state index contributed by atoms with van der Waals surface area (Å²) in [6.45, 7) is 2.42. The maximum atomic E-state index is 12.0. The summed E-state index contributed by atoms with van der Waals surface area (Å²) in [5.41, 5.74) is 2.59. The molecule has 0 saturated carbocycles. The molecule has 0 radical (unpaired) electrons. The number of aryl methyl sites for hydroxylation is 1. The average Bonchev–Trinajstić information content (AvgIpc) is 2.38. The monoisotopic (exact) mass is 304 g/mol. The van der Waals surface area contributed by atoms with E-state index in [2.05, 4.69) is 26.2 Å². The van der Waals surface area contributed by atoms with Gasteiger partial charge in [0.05, 0.1) is 17.8 Å². The lowest BCUT2D eigenvalue weighted by Crippen LogP contribution is -2.24. The minimum atomic E-state index is -0.104. The third kappa shape index (κ3) is 2.96. The molecule has 4 heteroatoms. The van der Waals surface area contributed by atoms with Crippen molar-refractivity contribution in [3.8, 4) is 0 Å². The number of carbonyl (C=O) groups is 1. The van der Waals surface area contributed by atoms with E-state index in [4.69, 9.17) is 0 Å². The van der Waals surface area contributed by atoms with Crippen molar-refractivity contribution in [2.75, 3.05) is 0 Å². The highest BCUT2D eigenvalue weighted by Gasteiger charge is 2.09. The Bertz CT molecular complexity index is 569. The van der Waals surface area contributed by atoms with Crippen LogP contribution >= 0.6 is 15.9 Å². The molecule has 1 aromatic heterocycles. The molecule has 2 aromatic rings. The Kier molecular flexibility index (Phi) is 4.10. The zero-order valence-corrected chi connectivity index (χ0v) is 11.6. The van der Waals surface area contributed by atoms with Crippen molar-refractivity contribution in [2.24, 2.45) is 0 Å². The van der Waals surface area contributed by atoms with Gasteiger partial charge in [0.25, 0.3) is 5.91 Å². The summed E-state index contributed by atoms with van der Waals surface area (Å²) in [6, 6.07) is 11.2. The Labute approximate surface area is 114 Å². The summed E-state index contributed by atoms with van der Waals surface area (Å²) in [7, 11) is 0. The van der Waals surface area contributed by atoms with Crippen molar-refractivity contribution in [3.05, 3.63) is 63.9 Å². The molecule has 0 bridgehead atoms. The van der Waals surface area contributed by atoms with Gasteiger partial charge in [0.15, 0.2) is 0 Å². The number of nitrogens with one attached hydrogen (secondary N) is 1. The van der Waals surface area contributed by atoms with Crippen molar-refractivity contribution in [3.63, 3.8) is 0 Å². The molecular weight excluding hydrogens is 292 g/mol. The van der Waals surface area contributed by atoms with Crippen molar-refractivity contribution in [1.29, 1.82) is 0 Å². The molecule has 18 heavy (non-hydrogen) atoms. The van der Waals surface area contributed by atoms with Gasteiger partial charge in [-0.2, -0.15) is 0 Å². The van der Waals surface area contributed by atoms with E-state index < -0.39 is 0 Å². The molecule has 0 unspecified atom stereocenters. The number of hydrogen-bond donors (Lipinski definition) is 1. The van der Waals surface area contributed by atoms with Gasteiger partial charge in [-0.15, -0.1) is 0 Å². The predicted octanol–water partition coefficient (Wildman–Crippen LogP) is 3.08. The molecule has 0 spiro atoms. The van der Waals surface area contributed by atoms with Gasteiger partial charge in [0, 0.05) is 10.7 Å². The Morgan fingerprint density at radius 1 is 1.28 bits per heavy atom. The second kappa shape index (κ2) is 5.78. The second-order valence-electron chi connectivity index (χ2n) is 3.93. The second-order valence-corrected chi connectivity index (χ2v) is 4.78. The van der Waals surface area contributed by atoms with Gasteiger partial charge in [0.1, 0.15) is 0 Å². The van der Waals surface area contributed by atoms with Gasteiger partial charge in [-0.25, -0.2) is 0 Å². The Morgan fingerprint density at radius 2 is 2.06 bits per heavy atom. The van der Waals surface area contributed by atoms with E-state index in [1.807, 2.05) is 37.3 Å². The molecule has 0 fully saturated rings. The van der Waals surface area contributed by atoms with E-state index in [-0.39, 0.29) is 5.91 Å². The summed E-state index contributed by atoms with van der Waals surface area (Å²) >= 11 is 3.36. The fourth-order valence-electron chi connectivity index (χ4n) is 1.61. The molecule has 0 saturated heterocycles. The first-order valence-corrected chi connectivity index (χ1v) is 6.41. The minimum absolute atomic E-state index is 0.104. The van der Waals surface area contributed by atoms with Gasteiger partial charge >= 0.3 is 0 Å². The normalized spacial score (nSPS) is 10.1. The molecule has 0 atom stereocenters. The first kappa shape index (κ1) is 12.8. The fraction of sp³-hybridized carbons (Fsp3) is 0.143. The highest BCUT2D eigenvalue weighted by atomic mass is 79.9. The molecule has 1 aromatic carbocycles. The van der Waals surface area contributed by atoms with E-state index in [0.29, 0.717) is 12.1 Å². The molecule has 3 nitrogen and oxygen atoms in total. The highest BCUT2D eigenvalue weighted by Crippen LogP contribution is 2.15. The molecule has 0 aliphatic rings. The molecule has 1 N–H and O–H groups in total. The Hall–Kier alpha value is -1.68. The van der Waals surface area contributed by atoms with Crippen molar-refractivity contribution in [2.45, 2.75) is 13.5 Å². The summed E-state index contributed by atoms with van der Waals surface area (Å²) in [4.78, 5) is 16.2. The first-order chi connectivity index (χ1) is 8.68. The van der Waals surface area contributed by atoms with E-state index >= 15 is 0 Å². The topological polar surface area (TPSA) is 42.0 Å². The zero-order chi connectivity index (χ0) is 13.0. The number of pyridine rings is 1. The van der Waals surface area contributed by atoms with Crippen LogP contribution in [0.25, 0.3) is 0 Å². The first-order valence-electron chi connectivity index (χ1n) is 5.61. The van der Waals surface area contributed by atoms with Crippen LogP contribution in [0.15, 0.2) is 47.1 Å². The van der Waals surface area contributed by atoms with Crippen LogP contribution < -0.4 is 5.32 Å². The van der Waals surface area contributed by atoms with E-state index in [9.17, 15) is 4.79 Å². The Balaban J connectivity index is 2.06. The van der Waals surface area contributed by atoms with Gasteiger partial charge < -0.3 is 5.32 Å². The third-order valence-corrected chi connectivity index (χ3v) is 3.34. The van der Waals surface area contributed by atoms with Gasteiger partial charge in [-0.1, -0.05) is 18.2 Å². The number of benzene rings is 1. The molecule has 92 valence electrons. The summed E-state index contributed by atoms with van der Waals surface area (Å²) in [5.74, 6) is -0.104. The quantitative estimate of drug-likeness (QED) is 0.947. The summed E-state index contributed by atoms with van der Waals surface area (Å²) in [6.07, 6.45) is 1.73. The minimum Gasteiger partial charge on any atom is -0.346 e. The third-order valence-electron chi connectivity index (χ3n) is 2.65. The fourth-order valence-corrected chi connectivity index (χ4v) is 2.07. The molecule has 2 rings (SSSR count). The van der Waals surface area contributed by atoms with Crippen LogP contribution in [-0.4, -0.2) is 10.9 Å². The maximum Gasteiger partial charge on any atom is 0.252 e. The average molecular weight is 305 g/mol. The van der Waals surface area contributed by atoms with Crippen LogP contribution in [0.4, 0.5) is 0 Å². The molecule has 0 aliphatic carbocycles. The van der Waals surface area contributed by atoms with Crippen molar-refractivity contribution < 1.29 is 4.79 Å². The number of carbonyl (C=O) groups excluding carboxylic acids is 1. The van der Waals surface area contributed by atoms with Crippen LogP contribution in [0.5, 0.6) is 0 Å². The van der Waals surface area contributed by atoms with Crippen LogP contribution in [0.1, 0.15) is 21.6 Å². The van der Waals surface area contributed by atoms with Crippen molar-refractivity contribution >= 4 is 21.8 Å². The van der Waals surface area contributed by atoms with Crippen LogP contribution in [0.3, 0.4) is 0 Å². The van der Waals surface area contributed by atoms with Crippen LogP contribution in [0, 0.1) is 6.92 Å². The predicted molar refractivity (Wildman–Crippen MR) is 74.3 cm³/mol. The van der Waals surface area contributed by atoms with Gasteiger partial charge in [0.2, 0.25) is 0 Å². The van der Waals surface area contributed by atoms with Crippen LogP contribution in [-0.2, 0) is 6.54 Å². The zero-order valence-electron chi connectivity index (χ0n) is 9.98. The standard InChI is InChI=1S/C14H13BrN2O/c1-10-5-4-8-16-13(10)9-17-14(18)11-6-2-3-7-12(11)15/h2-8H,9H2,1H3,(H,17,18). The number of rotatable bonds is 3.